The highest BCUT2D eigenvalue weighted by Gasteiger charge is 2.14. The zero-order chi connectivity index (χ0) is 13.5. The third-order valence-corrected chi connectivity index (χ3v) is 4.03. The van der Waals surface area contributed by atoms with Gasteiger partial charge in [-0.05, 0) is 35.1 Å². The Labute approximate surface area is 118 Å². The third-order valence-electron chi connectivity index (χ3n) is 4.03. The molecule has 0 atom stereocenters. The van der Waals surface area contributed by atoms with E-state index in [1.807, 2.05) is 12.4 Å². The molecule has 0 saturated carbocycles. The second kappa shape index (κ2) is 4.34. The van der Waals surface area contributed by atoms with Crippen molar-refractivity contribution in [2.45, 2.75) is 13.3 Å². The van der Waals surface area contributed by atoms with Gasteiger partial charge in [0.1, 0.15) is 5.75 Å². The van der Waals surface area contributed by atoms with E-state index >= 15 is 0 Å². The Kier molecular flexibility index (Phi) is 2.49. The summed E-state index contributed by atoms with van der Waals surface area (Å²) < 4.78 is 5.68. The second-order valence-electron chi connectivity index (χ2n) is 5.28. The molecule has 1 aliphatic heterocycles. The number of benzene rings is 2. The van der Waals surface area contributed by atoms with Gasteiger partial charge in [0.2, 0.25) is 0 Å². The molecule has 0 fully saturated rings. The molecule has 3 aromatic rings. The summed E-state index contributed by atoms with van der Waals surface area (Å²) in [4.78, 5) is 4.40. The van der Waals surface area contributed by atoms with Crippen LogP contribution >= 0.6 is 0 Å². The average molecular weight is 261 g/mol. The number of fused-ring (bicyclic) bond motifs is 2. The van der Waals surface area contributed by atoms with E-state index in [1.165, 1.54) is 33.0 Å². The first kappa shape index (κ1) is 11.5. The summed E-state index contributed by atoms with van der Waals surface area (Å²) in [6.07, 6.45) is 4.90. The maximum atomic E-state index is 5.68. The summed E-state index contributed by atoms with van der Waals surface area (Å²) >= 11 is 0. The van der Waals surface area contributed by atoms with Crippen molar-refractivity contribution in [2.75, 3.05) is 6.61 Å². The van der Waals surface area contributed by atoms with Gasteiger partial charge < -0.3 is 4.74 Å². The highest BCUT2D eigenvalue weighted by molar-refractivity contribution is 5.97. The Balaban J connectivity index is 1.96. The molecule has 1 aliphatic rings. The van der Waals surface area contributed by atoms with Crippen LogP contribution in [0.5, 0.6) is 5.75 Å². The number of nitrogens with zero attached hydrogens (tertiary/aromatic N) is 1. The van der Waals surface area contributed by atoms with Gasteiger partial charge in [-0.2, -0.15) is 0 Å². The van der Waals surface area contributed by atoms with Crippen molar-refractivity contribution in [3.63, 3.8) is 0 Å². The Bertz CT molecular complexity index is 808. The first-order chi connectivity index (χ1) is 9.83. The number of pyridine rings is 1. The van der Waals surface area contributed by atoms with Crippen LogP contribution in [-0.2, 0) is 6.42 Å². The molecule has 0 unspecified atom stereocenters. The fourth-order valence-electron chi connectivity index (χ4n) is 2.91. The van der Waals surface area contributed by atoms with E-state index in [4.69, 9.17) is 4.74 Å². The Morgan fingerprint density at radius 2 is 2.00 bits per heavy atom. The molecule has 2 heteroatoms. The Morgan fingerprint density at radius 3 is 2.95 bits per heavy atom. The molecule has 0 N–H and O–H groups in total. The van der Waals surface area contributed by atoms with Crippen molar-refractivity contribution >= 4 is 10.8 Å². The van der Waals surface area contributed by atoms with E-state index in [9.17, 15) is 0 Å². The Morgan fingerprint density at radius 1 is 1.05 bits per heavy atom. The van der Waals surface area contributed by atoms with Crippen LogP contribution in [-0.4, -0.2) is 11.6 Å². The second-order valence-corrected chi connectivity index (χ2v) is 5.28. The predicted octanol–water partition coefficient (Wildman–Crippen LogP) is 4.15. The number of ether oxygens (including phenoxy) is 1. The molecule has 0 saturated heterocycles. The molecule has 2 aromatic carbocycles. The Hall–Kier alpha value is -2.35. The number of hydrogen-bond acceptors (Lipinski definition) is 2. The minimum absolute atomic E-state index is 0.797. The summed E-state index contributed by atoms with van der Waals surface area (Å²) in [5.74, 6) is 1.02. The largest absolute Gasteiger partial charge is 0.493 e. The molecule has 2 heterocycles. The van der Waals surface area contributed by atoms with Crippen molar-refractivity contribution in [1.82, 2.24) is 4.98 Å². The predicted molar refractivity (Wildman–Crippen MR) is 81.1 cm³/mol. The maximum Gasteiger partial charge on any atom is 0.123 e. The first-order valence-corrected chi connectivity index (χ1v) is 6.92. The minimum Gasteiger partial charge on any atom is -0.493 e. The molecule has 20 heavy (non-hydrogen) atoms. The van der Waals surface area contributed by atoms with E-state index in [2.05, 4.69) is 48.3 Å². The molecule has 2 nitrogen and oxygen atoms in total. The van der Waals surface area contributed by atoms with Crippen LogP contribution in [0.25, 0.3) is 21.9 Å². The van der Waals surface area contributed by atoms with Gasteiger partial charge in [-0.3, -0.25) is 4.98 Å². The molecule has 1 aromatic heterocycles. The van der Waals surface area contributed by atoms with Gasteiger partial charge in [0.15, 0.2) is 0 Å². The van der Waals surface area contributed by atoms with Crippen molar-refractivity contribution in [3.8, 4) is 16.9 Å². The molecule has 0 radical (unpaired) electrons. The lowest BCUT2D eigenvalue weighted by Gasteiger charge is -2.09. The van der Waals surface area contributed by atoms with Crippen LogP contribution in [0.4, 0.5) is 0 Å². The molecular formula is C18H15NO. The van der Waals surface area contributed by atoms with Gasteiger partial charge in [-0.25, -0.2) is 0 Å². The fraction of sp³-hybridized carbons (Fsp3) is 0.167. The summed E-state index contributed by atoms with van der Waals surface area (Å²) in [7, 11) is 0. The van der Waals surface area contributed by atoms with Crippen LogP contribution in [0, 0.1) is 6.92 Å². The third kappa shape index (κ3) is 1.68. The molecular weight excluding hydrogens is 246 g/mol. The van der Waals surface area contributed by atoms with Gasteiger partial charge in [-0.1, -0.05) is 30.3 Å². The highest BCUT2D eigenvalue weighted by atomic mass is 16.5. The normalized spacial score (nSPS) is 13.2. The molecule has 0 bridgehead atoms. The lowest BCUT2D eigenvalue weighted by molar-refractivity contribution is 0.357. The number of aryl methyl sites for hydroxylation is 1. The zero-order valence-corrected chi connectivity index (χ0v) is 11.4. The minimum atomic E-state index is 0.797. The van der Waals surface area contributed by atoms with E-state index in [-0.39, 0.29) is 0 Å². The van der Waals surface area contributed by atoms with Gasteiger partial charge in [-0.15, -0.1) is 0 Å². The lowest BCUT2D eigenvalue weighted by atomic mass is 9.97. The first-order valence-electron chi connectivity index (χ1n) is 6.92. The van der Waals surface area contributed by atoms with Crippen LogP contribution in [0.3, 0.4) is 0 Å². The zero-order valence-electron chi connectivity index (χ0n) is 11.4. The van der Waals surface area contributed by atoms with Crippen LogP contribution < -0.4 is 4.74 Å². The SMILES string of the molecule is Cc1cccc2c(-c3ccc4c(c3)OCC4)cncc12. The van der Waals surface area contributed by atoms with Crippen LogP contribution in [0.2, 0.25) is 0 Å². The van der Waals surface area contributed by atoms with E-state index in [1.54, 1.807) is 0 Å². The standard InChI is InChI=1S/C18H15NO/c1-12-3-2-4-15-16(12)10-19-11-17(15)14-6-5-13-7-8-20-18(13)9-14/h2-6,9-11H,7-8H2,1H3. The maximum absolute atomic E-state index is 5.68. The van der Waals surface area contributed by atoms with Crippen molar-refractivity contribution in [2.24, 2.45) is 0 Å². The van der Waals surface area contributed by atoms with E-state index < -0.39 is 0 Å². The van der Waals surface area contributed by atoms with Gasteiger partial charge in [0.25, 0.3) is 0 Å². The molecule has 0 amide bonds. The van der Waals surface area contributed by atoms with Gasteiger partial charge in [0, 0.05) is 29.8 Å². The molecule has 98 valence electrons. The number of rotatable bonds is 1. The monoisotopic (exact) mass is 261 g/mol. The highest BCUT2D eigenvalue weighted by Crippen LogP contribution is 2.34. The van der Waals surface area contributed by atoms with Crippen LogP contribution in [0.15, 0.2) is 48.8 Å². The van der Waals surface area contributed by atoms with E-state index in [0.717, 1.165) is 18.8 Å². The summed E-state index contributed by atoms with van der Waals surface area (Å²) in [6.45, 7) is 2.92. The fourth-order valence-corrected chi connectivity index (χ4v) is 2.91. The summed E-state index contributed by atoms with van der Waals surface area (Å²) in [5, 5.41) is 2.46. The molecule has 0 spiro atoms. The molecule has 4 rings (SSSR count). The summed E-state index contributed by atoms with van der Waals surface area (Å²) in [5.41, 5.74) is 4.91. The van der Waals surface area contributed by atoms with Gasteiger partial charge in [0.05, 0.1) is 6.61 Å². The van der Waals surface area contributed by atoms with Crippen molar-refractivity contribution < 1.29 is 4.74 Å². The number of hydrogen-bond donors (Lipinski definition) is 0. The average Bonchev–Trinajstić information content (AvgIpc) is 2.94. The van der Waals surface area contributed by atoms with Crippen molar-refractivity contribution in [1.29, 1.82) is 0 Å². The lowest BCUT2D eigenvalue weighted by Crippen LogP contribution is -1.88. The van der Waals surface area contributed by atoms with Gasteiger partial charge >= 0.3 is 0 Å². The van der Waals surface area contributed by atoms with Crippen LogP contribution in [0.1, 0.15) is 11.1 Å². The summed E-state index contributed by atoms with van der Waals surface area (Å²) in [6, 6.07) is 12.9. The quantitative estimate of drug-likeness (QED) is 0.656. The van der Waals surface area contributed by atoms with E-state index in [0.29, 0.717) is 0 Å². The smallest absolute Gasteiger partial charge is 0.123 e. The molecule has 0 aliphatic carbocycles. The van der Waals surface area contributed by atoms with Crippen molar-refractivity contribution in [3.05, 3.63) is 59.9 Å². The number of aromatic nitrogens is 1. The topological polar surface area (TPSA) is 22.1 Å².